The van der Waals surface area contributed by atoms with Gasteiger partial charge in [0, 0.05) is 11.3 Å². The maximum atomic E-state index is 12.2. The average molecular weight is 310 g/mol. The van der Waals surface area contributed by atoms with Crippen molar-refractivity contribution in [1.82, 2.24) is 20.6 Å². The number of carbonyl (C=O) groups is 2. The molecule has 0 aromatic carbocycles. The zero-order valence-electron chi connectivity index (χ0n) is 11.4. The molecule has 0 saturated carbocycles. The second-order valence-corrected chi connectivity index (χ2v) is 6.24. The van der Waals surface area contributed by atoms with Gasteiger partial charge in [-0.1, -0.05) is 0 Å². The first kappa shape index (κ1) is 12.9. The van der Waals surface area contributed by atoms with Crippen LogP contribution < -0.4 is 11.3 Å². The Kier molecular flexibility index (Phi) is 2.53. The van der Waals surface area contributed by atoms with Crippen LogP contribution in [-0.2, 0) is 14.3 Å². The molecule has 21 heavy (non-hydrogen) atoms. The molecular formula is C11H14N6O3S. The Bertz CT molecular complexity index is 619. The number of hydrogen-bond acceptors (Lipinski definition) is 9. The van der Waals surface area contributed by atoms with Gasteiger partial charge < -0.3 is 10.5 Å². The third-order valence-corrected chi connectivity index (χ3v) is 5.34. The molecule has 0 aromatic heterocycles. The highest BCUT2D eigenvalue weighted by atomic mass is 32.2. The largest absolute Gasteiger partial charge is 0.464 e. The molecule has 0 aliphatic carbocycles. The van der Waals surface area contributed by atoms with Gasteiger partial charge in [-0.25, -0.2) is 9.80 Å². The number of nitrogens with zero attached hydrogens (tertiary/aromatic N) is 4. The number of nitrogens with one attached hydrogen (secondary N) is 1. The van der Waals surface area contributed by atoms with Gasteiger partial charge in [0.15, 0.2) is 6.17 Å². The zero-order chi connectivity index (χ0) is 14.9. The summed E-state index contributed by atoms with van der Waals surface area (Å²) in [6, 6.07) is -0.550. The van der Waals surface area contributed by atoms with E-state index in [1.54, 1.807) is 16.9 Å². The fourth-order valence-corrected chi connectivity index (χ4v) is 4.25. The summed E-state index contributed by atoms with van der Waals surface area (Å²) in [6.07, 6.45) is -0.183. The van der Waals surface area contributed by atoms with Crippen molar-refractivity contribution >= 4 is 29.5 Å². The number of amides is 1. The van der Waals surface area contributed by atoms with Crippen molar-refractivity contribution in [3.05, 3.63) is 11.3 Å². The van der Waals surface area contributed by atoms with Crippen molar-refractivity contribution in [2.75, 3.05) is 12.9 Å². The molecule has 1 amide bonds. The van der Waals surface area contributed by atoms with Gasteiger partial charge in [-0.15, -0.1) is 22.4 Å². The van der Waals surface area contributed by atoms with Crippen LogP contribution in [0.15, 0.2) is 16.4 Å². The van der Waals surface area contributed by atoms with Crippen LogP contribution in [0.1, 0.15) is 6.92 Å². The number of esters is 1. The summed E-state index contributed by atoms with van der Waals surface area (Å²) in [5, 5.41) is 7.61. The molecule has 9 nitrogen and oxygen atoms in total. The van der Waals surface area contributed by atoms with Crippen LogP contribution in [0.4, 0.5) is 0 Å². The maximum absolute atomic E-state index is 12.2. The summed E-state index contributed by atoms with van der Waals surface area (Å²) < 4.78 is 4.86. The van der Waals surface area contributed by atoms with E-state index < -0.39 is 12.0 Å². The smallest absolute Gasteiger partial charge is 0.354 e. The Balaban J connectivity index is 1.74. The van der Waals surface area contributed by atoms with Crippen molar-refractivity contribution < 1.29 is 14.3 Å². The third kappa shape index (κ3) is 1.46. The first-order valence-electron chi connectivity index (χ1n) is 6.46. The van der Waals surface area contributed by atoms with E-state index in [-0.39, 0.29) is 17.4 Å². The molecule has 0 aromatic rings. The lowest BCUT2D eigenvalue weighted by molar-refractivity contribution is -0.150. The molecule has 5 heterocycles. The number of methoxy groups -OCH3 is 1. The number of thioether (sulfide) groups is 1. The molecule has 5 rings (SSSR count). The fourth-order valence-electron chi connectivity index (χ4n) is 2.93. The van der Waals surface area contributed by atoms with Gasteiger partial charge >= 0.3 is 5.97 Å². The number of fused-ring (bicyclic) bond motifs is 1. The molecule has 5 aliphatic rings. The third-order valence-electron chi connectivity index (χ3n) is 4.02. The second kappa shape index (κ2) is 4.12. The standard InChI is InChI=1S/C11H14N6O3S/c1-4-13-17-8(16(4)14-17)5-3-21-10-6(12)9(18)15(10)7(5)11(19)20-2/h6,8,10,14H,3,12H2,1-2H3/t6?,8?,10-/m0/s1. The maximum Gasteiger partial charge on any atom is 0.354 e. The molecule has 2 bridgehead atoms. The molecular weight excluding hydrogens is 296 g/mol. The van der Waals surface area contributed by atoms with Crippen LogP contribution in [-0.4, -0.2) is 63.2 Å². The van der Waals surface area contributed by atoms with E-state index in [0.29, 0.717) is 11.4 Å². The monoisotopic (exact) mass is 310 g/mol. The van der Waals surface area contributed by atoms with Gasteiger partial charge in [-0.05, 0) is 6.92 Å². The summed E-state index contributed by atoms with van der Waals surface area (Å²) in [5.74, 6) is 0.666. The lowest BCUT2D eigenvalue weighted by Gasteiger charge is -2.51. The molecule has 3 atom stereocenters. The highest BCUT2D eigenvalue weighted by molar-refractivity contribution is 8.00. The number of ether oxygens (including phenoxy) is 1. The zero-order valence-corrected chi connectivity index (χ0v) is 12.3. The van der Waals surface area contributed by atoms with Crippen LogP contribution in [0, 0.1) is 0 Å². The van der Waals surface area contributed by atoms with Gasteiger partial charge in [0.2, 0.25) is 5.91 Å². The molecule has 0 radical (unpaired) electrons. The van der Waals surface area contributed by atoms with E-state index >= 15 is 0 Å². The van der Waals surface area contributed by atoms with E-state index in [9.17, 15) is 9.59 Å². The molecule has 10 heteroatoms. The molecule has 112 valence electrons. The first-order chi connectivity index (χ1) is 10.0. The van der Waals surface area contributed by atoms with Gasteiger partial charge in [0.05, 0.1) is 7.11 Å². The Morgan fingerprint density at radius 1 is 1.57 bits per heavy atom. The lowest BCUT2D eigenvalue weighted by atomic mass is 10.0. The highest BCUT2D eigenvalue weighted by Gasteiger charge is 2.56. The van der Waals surface area contributed by atoms with Crippen LogP contribution in [0.3, 0.4) is 0 Å². The Hall–Kier alpha value is -1.78. The minimum absolute atomic E-state index is 0.183. The van der Waals surface area contributed by atoms with E-state index in [0.717, 1.165) is 11.4 Å². The number of hydrazone groups is 1. The molecule has 5 aliphatic heterocycles. The first-order valence-corrected chi connectivity index (χ1v) is 7.51. The van der Waals surface area contributed by atoms with E-state index in [1.165, 1.54) is 12.0 Å². The quantitative estimate of drug-likeness (QED) is 0.463. The number of carbonyl (C=O) groups excluding carboxylic acids is 2. The number of rotatable bonds is 2. The average Bonchev–Trinajstić information content (AvgIpc) is 3.01. The highest BCUT2D eigenvalue weighted by Crippen LogP contribution is 2.43. The number of nitrogens with two attached hydrogens (primary N) is 1. The summed E-state index contributed by atoms with van der Waals surface area (Å²) in [6.45, 7) is 1.87. The lowest BCUT2D eigenvalue weighted by Crippen LogP contribution is -2.72. The number of β-lactam (4-membered cyclic amide) rings is 1. The summed E-state index contributed by atoms with van der Waals surface area (Å²) in [5.41, 5.74) is 9.90. The van der Waals surface area contributed by atoms with E-state index in [2.05, 4.69) is 10.6 Å². The van der Waals surface area contributed by atoms with Crippen molar-refractivity contribution in [3.8, 4) is 0 Å². The van der Waals surface area contributed by atoms with E-state index in [4.69, 9.17) is 10.5 Å². The SMILES string of the molecule is COC(=O)C1=C(C2N3N=C(C)N2N3)CS[C@H]2C(N)C(=O)N12. The molecule has 0 spiro atoms. The molecule has 2 unspecified atom stereocenters. The van der Waals surface area contributed by atoms with Crippen molar-refractivity contribution in [1.29, 1.82) is 0 Å². The van der Waals surface area contributed by atoms with Gasteiger partial charge in [0.1, 0.15) is 22.9 Å². The van der Waals surface area contributed by atoms with Crippen molar-refractivity contribution in [2.24, 2.45) is 10.8 Å². The number of amidine groups is 1. The Labute approximate surface area is 124 Å². The van der Waals surface area contributed by atoms with Crippen LogP contribution >= 0.6 is 11.8 Å². The predicted octanol–water partition coefficient (Wildman–Crippen LogP) is -1.63. The summed E-state index contributed by atoms with van der Waals surface area (Å²) in [7, 11) is 1.31. The fraction of sp³-hybridized carbons (Fsp3) is 0.545. The van der Waals surface area contributed by atoms with E-state index in [1.807, 2.05) is 11.9 Å². The Morgan fingerprint density at radius 3 is 2.90 bits per heavy atom. The number of hydrogen-bond donors (Lipinski definition) is 2. The van der Waals surface area contributed by atoms with Gasteiger partial charge in [0.25, 0.3) is 0 Å². The van der Waals surface area contributed by atoms with Gasteiger partial charge in [-0.3, -0.25) is 9.69 Å². The van der Waals surface area contributed by atoms with Crippen molar-refractivity contribution in [2.45, 2.75) is 24.5 Å². The second-order valence-electron chi connectivity index (χ2n) is 5.14. The normalized spacial score (nSPS) is 33.5. The topological polar surface area (TPSA) is 103 Å². The summed E-state index contributed by atoms with van der Waals surface area (Å²) in [4.78, 5) is 25.6. The van der Waals surface area contributed by atoms with Gasteiger partial charge in [-0.2, -0.15) is 5.12 Å². The minimum Gasteiger partial charge on any atom is -0.464 e. The summed E-state index contributed by atoms with van der Waals surface area (Å²) >= 11 is 1.56. The molecule has 3 N–H and O–H groups in total. The van der Waals surface area contributed by atoms with Crippen LogP contribution in [0.5, 0.6) is 0 Å². The molecule has 2 fully saturated rings. The minimum atomic E-state index is -0.550. The van der Waals surface area contributed by atoms with Crippen molar-refractivity contribution in [3.63, 3.8) is 0 Å². The van der Waals surface area contributed by atoms with Crippen LogP contribution in [0.2, 0.25) is 0 Å². The van der Waals surface area contributed by atoms with Crippen LogP contribution in [0.25, 0.3) is 0 Å². The molecule has 2 saturated heterocycles. The number of hydrazine groups is 2. The Morgan fingerprint density at radius 2 is 2.33 bits per heavy atom. The predicted molar refractivity (Wildman–Crippen MR) is 73.8 cm³/mol.